The number of benzene rings is 2. The zero-order valence-electron chi connectivity index (χ0n) is 11.7. The van der Waals surface area contributed by atoms with Crippen molar-refractivity contribution < 1.29 is 9.13 Å². The minimum atomic E-state index is -0.266. The van der Waals surface area contributed by atoms with E-state index in [1.165, 1.54) is 12.1 Å². The molecule has 0 aliphatic carbocycles. The van der Waals surface area contributed by atoms with E-state index in [1.807, 2.05) is 30.3 Å². The molecule has 2 atom stereocenters. The van der Waals surface area contributed by atoms with Crippen molar-refractivity contribution in [2.75, 3.05) is 7.11 Å². The number of methoxy groups -OCH3 is 1. The Morgan fingerprint density at radius 2 is 1.95 bits per heavy atom. The van der Waals surface area contributed by atoms with Crippen LogP contribution < -0.4 is 11.3 Å². The third-order valence-electron chi connectivity index (χ3n) is 3.41. The average molecular weight is 353 g/mol. The predicted molar refractivity (Wildman–Crippen MR) is 85.1 cm³/mol. The van der Waals surface area contributed by atoms with Crippen LogP contribution in [-0.2, 0) is 11.2 Å². The summed E-state index contributed by atoms with van der Waals surface area (Å²) in [6.07, 6.45) is 0.328. The Hall–Kier alpha value is -1.27. The number of hydrogen-bond donors (Lipinski definition) is 2. The lowest BCUT2D eigenvalue weighted by Gasteiger charge is -2.26. The second-order valence-electron chi connectivity index (χ2n) is 4.78. The molecule has 112 valence electrons. The van der Waals surface area contributed by atoms with Gasteiger partial charge in [0.15, 0.2) is 0 Å². The fourth-order valence-electron chi connectivity index (χ4n) is 2.37. The van der Waals surface area contributed by atoms with Crippen LogP contribution >= 0.6 is 15.9 Å². The third-order valence-corrected chi connectivity index (χ3v) is 4.18. The van der Waals surface area contributed by atoms with Gasteiger partial charge in [-0.2, -0.15) is 0 Å². The SMILES string of the molecule is COC(c1ccccc1)C(Cc1cc(F)ccc1Br)NN. The molecule has 0 radical (unpaired) electrons. The normalized spacial score (nSPS) is 13.9. The summed E-state index contributed by atoms with van der Waals surface area (Å²) in [4.78, 5) is 0. The van der Waals surface area contributed by atoms with Gasteiger partial charge >= 0.3 is 0 Å². The van der Waals surface area contributed by atoms with Gasteiger partial charge in [0.25, 0.3) is 0 Å². The Kier molecular flexibility index (Phi) is 5.87. The Morgan fingerprint density at radius 3 is 2.57 bits per heavy atom. The maximum Gasteiger partial charge on any atom is 0.123 e. The Balaban J connectivity index is 2.24. The third kappa shape index (κ3) is 4.11. The van der Waals surface area contributed by atoms with Crippen molar-refractivity contribution in [3.63, 3.8) is 0 Å². The number of rotatable bonds is 6. The smallest absolute Gasteiger partial charge is 0.123 e. The molecule has 0 aliphatic rings. The van der Waals surface area contributed by atoms with Gasteiger partial charge in [-0.05, 0) is 35.7 Å². The Morgan fingerprint density at radius 1 is 1.24 bits per heavy atom. The number of nitrogens with one attached hydrogen (secondary N) is 1. The monoisotopic (exact) mass is 352 g/mol. The molecule has 2 unspecified atom stereocenters. The summed E-state index contributed by atoms with van der Waals surface area (Å²) in [5, 5.41) is 0. The van der Waals surface area contributed by atoms with Gasteiger partial charge in [0, 0.05) is 11.6 Å². The lowest BCUT2D eigenvalue weighted by atomic mass is 9.96. The van der Waals surface area contributed by atoms with Crippen molar-refractivity contribution in [1.82, 2.24) is 5.43 Å². The molecular weight excluding hydrogens is 335 g/mol. The molecule has 21 heavy (non-hydrogen) atoms. The molecule has 2 aromatic carbocycles. The van der Waals surface area contributed by atoms with Crippen LogP contribution in [0, 0.1) is 5.82 Å². The van der Waals surface area contributed by atoms with Gasteiger partial charge in [-0.3, -0.25) is 11.3 Å². The highest BCUT2D eigenvalue weighted by molar-refractivity contribution is 9.10. The number of hydrazine groups is 1. The molecule has 2 rings (SSSR count). The highest BCUT2D eigenvalue weighted by Crippen LogP contribution is 2.26. The first-order valence-electron chi connectivity index (χ1n) is 6.63. The maximum atomic E-state index is 13.4. The molecule has 5 heteroatoms. The lowest BCUT2D eigenvalue weighted by molar-refractivity contribution is 0.0678. The van der Waals surface area contributed by atoms with E-state index in [9.17, 15) is 4.39 Å². The van der Waals surface area contributed by atoms with Crippen molar-refractivity contribution in [3.05, 3.63) is 69.9 Å². The Bertz CT molecular complexity index is 580. The van der Waals surface area contributed by atoms with Crippen LogP contribution in [0.25, 0.3) is 0 Å². The molecule has 0 aliphatic heterocycles. The Labute approximate surface area is 132 Å². The van der Waals surface area contributed by atoms with Gasteiger partial charge < -0.3 is 4.74 Å². The summed E-state index contributed by atoms with van der Waals surface area (Å²) < 4.78 is 19.8. The molecule has 0 spiro atoms. The number of ether oxygens (including phenoxy) is 1. The van der Waals surface area contributed by atoms with Gasteiger partial charge in [-0.15, -0.1) is 0 Å². The number of nitrogens with two attached hydrogens (primary N) is 1. The van der Waals surface area contributed by atoms with Crippen LogP contribution in [0.15, 0.2) is 53.0 Å². The summed E-state index contributed by atoms with van der Waals surface area (Å²) in [5.41, 5.74) is 4.65. The van der Waals surface area contributed by atoms with E-state index in [-0.39, 0.29) is 18.0 Å². The number of hydrogen-bond acceptors (Lipinski definition) is 3. The van der Waals surface area contributed by atoms with E-state index >= 15 is 0 Å². The van der Waals surface area contributed by atoms with Crippen LogP contribution in [0.3, 0.4) is 0 Å². The molecule has 3 nitrogen and oxygen atoms in total. The molecule has 0 amide bonds. The van der Waals surface area contributed by atoms with Crippen molar-refractivity contribution in [1.29, 1.82) is 0 Å². The molecule has 0 fully saturated rings. The maximum absolute atomic E-state index is 13.4. The zero-order chi connectivity index (χ0) is 15.2. The van der Waals surface area contributed by atoms with Crippen LogP contribution in [0.2, 0.25) is 0 Å². The summed E-state index contributed by atoms with van der Waals surface area (Å²) in [5.74, 6) is 5.42. The summed E-state index contributed by atoms with van der Waals surface area (Å²) >= 11 is 3.44. The predicted octanol–water partition coefficient (Wildman–Crippen LogP) is 3.35. The molecule has 2 aromatic rings. The fourth-order valence-corrected chi connectivity index (χ4v) is 2.77. The fraction of sp³-hybridized carbons (Fsp3) is 0.250. The second kappa shape index (κ2) is 7.66. The highest BCUT2D eigenvalue weighted by Gasteiger charge is 2.23. The summed E-state index contributed by atoms with van der Waals surface area (Å²) in [7, 11) is 1.64. The van der Waals surface area contributed by atoms with Crippen LogP contribution in [0.1, 0.15) is 17.2 Å². The van der Waals surface area contributed by atoms with Crippen LogP contribution in [0.4, 0.5) is 4.39 Å². The van der Waals surface area contributed by atoms with E-state index in [2.05, 4.69) is 21.4 Å². The van der Waals surface area contributed by atoms with Crippen molar-refractivity contribution in [2.24, 2.45) is 5.84 Å². The van der Waals surface area contributed by atoms with Gasteiger partial charge in [-0.25, -0.2) is 4.39 Å². The highest BCUT2D eigenvalue weighted by atomic mass is 79.9. The van der Waals surface area contributed by atoms with E-state index < -0.39 is 0 Å². The quantitative estimate of drug-likeness (QED) is 0.619. The number of halogens is 2. The minimum absolute atomic E-state index is 0.171. The van der Waals surface area contributed by atoms with Gasteiger partial charge in [0.2, 0.25) is 0 Å². The van der Waals surface area contributed by atoms with Crippen molar-refractivity contribution in [2.45, 2.75) is 18.6 Å². The molecule has 0 heterocycles. The van der Waals surface area contributed by atoms with E-state index in [0.717, 1.165) is 15.6 Å². The molecule has 0 bridgehead atoms. The topological polar surface area (TPSA) is 47.3 Å². The van der Waals surface area contributed by atoms with Gasteiger partial charge in [0.1, 0.15) is 5.82 Å². The van der Waals surface area contributed by atoms with Crippen LogP contribution in [-0.4, -0.2) is 13.2 Å². The molecule has 0 aromatic heterocycles. The van der Waals surface area contributed by atoms with E-state index in [1.54, 1.807) is 13.2 Å². The van der Waals surface area contributed by atoms with Crippen molar-refractivity contribution >= 4 is 15.9 Å². The van der Waals surface area contributed by atoms with Crippen LogP contribution in [0.5, 0.6) is 0 Å². The molecule has 0 saturated heterocycles. The second-order valence-corrected chi connectivity index (χ2v) is 5.63. The minimum Gasteiger partial charge on any atom is -0.375 e. The first kappa shape index (κ1) is 16.1. The molecule has 3 N–H and O–H groups in total. The van der Waals surface area contributed by atoms with Crippen molar-refractivity contribution in [3.8, 4) is 0 Å². The molecular formula is C16H18BrFN2O. The average Bonchev–Trinajstić information content (AvgIpc) is 2.51. The summed E-state index contributed by atoms with van der Waals surface area (Å²) in [6.45, 7) is 0. The largest absolute Gasteiger partial charge is 0.375 e. The first-order valence-corrected chi connectivity index (χ1v) is 7.42. The van der Waals surface area contributed by atoms with Gasteiger partial charge in [0.05, 0.1) is 12.1 Å². The lowest BCUT2D eigenvalue weighted by Crippen LogP contribution is -2.42. The standard InChI is InChI=1S/C16H18BrFN2O/c1-21-16(11-5-3-2-4-6-11)15(20-19)10-12-9-13(18)7-8-14(12)17/h2-9,15-16,20H,10,19H2,1H3. The van der Waals surface area contributed by atoms with E-state index in [4.69, 9.17) is 10.6 Å². The first-order chi connectivity index (χ1) is 10.2. The zero-order valence-corrected chi connectivity index (χ0v) is 13.3. The molecule has 0 saturated carbocycles. The summed E-state index contributed by atoms with van der Waals surface area (Å²) in [6, 6.07) is 14.3. The van der Waals surface area contributed by atoms with E-state index in [0.29, 0.717) is 6.42 Å². The van der Waals surface area contributed by atoms with Gasteiger partial charge in [-0.1, -0.05) is 46.3 Å².